The highest BCUT2D eigenvalue weighted by atomic mass is 32.2. The molecule has 1 unspecified atom stereocenters. The van der Waals surface area contributed by atoms with Crippen molar-refractivity contribution in [2.45, 2.75) is 25.5 Å². The normalized spacial score (nSPS) is 21.2. The first-order valence-electron chi connectivity index (χ1n) is 5.05. The van der Waals surface area contributed by atoms with Crippen LogP contribution in [-0.2, 0) is 14.8 Å². The summed E-state index contributed by atoms with van der Waals surface area (Å²) in [5.41, 5.74) is 0.858. The summed E-state index contributed by atoms with van der Waals surface area (Å²) in [5, 5.41) is 4.79. The number of aryl methyl sites for hydroxylation is 2. The molecule has 1 aromatic heterocycles. The van der Waals surface area contributed by atoms with Gasteiger partial charge >= 0.3 is 0 Å². The van der Waals surface area contributed by atoms with Gasteiger partial charge in [-0.3, -0.25) is 9.69 Å². The smallest absolute Gasteiger partial charge is 0.230 e. The molecular weight excluding hydrogens is 262 g/mol. The van der Waals surface area contributed by atoms with Crippen LogP contribution in [-0.4, -0.2) is 31.1 Å². The van der Waals surface area contributed by atoms with Gasteiger partial charge in [-0.05, 0) is 13.8 Å². The minimum Gasteiger partial charge on any atom is -0.287 e. The van der Waals surface area contributed by atoms with Crippen LogP contribution in [0.2, 0.25) is 0 Å². The zero-order valence-corrected chi connectivity index (χ0v) is 11.1. The molecule has 0 saturated carbocycles. The third kappa shape index (κ3) is 2.33. The monoisotopic (exact) mass is 275 g/mol. The summed E-state index contributed by atoms with van der Waals surface area (Å²) in [5.74, 6) is -0.238. The lowest BCUT2D eigenvalue weighted by molar-refractivity contribution is -0.117. The van der Waals surface area contributed by atoms with Crippen molar-refractivity contribution >= 4 is 32.4 Å². The van der Waals surface area contributed by atoms with Crippen molar-refractivity contribution in [2.24, 2.45) is 5.14 Å². The van der Waals surface area contributed by atoms with E-state index in [4.69, 9.17) is 5.14 Å². The van der Waals surface area contributed by atoms with Crippen LogP contribution in [0.1, 0.15) is 17.0 Å². The van der Waals surface area contributed by atoms with Gasteiger partial charge in [0.15, 0.2) is 5.13 Å². The third-order valence-corrected chi connectivity index (χ3v) is 5.14. The maximum atomic E-state index is 11.7. The van der Waals surface area contributed by atoms with Crippen molar-refractivity contribution in [2.75, 3.05) is 11.4 Å². The first-order chi connectivity index (χ1) is 7.79. The zero-order valence-electron chi connectivity index (χ0n) is 9.50. The van der Waals surface area contributed by atoms with Gasteiger partial charge in [-0.1, -0.05) is 0 Å². The Bertz CT molecular complexity index is 545. The molecule has 1 fully saturated rings. The predicted molar refractivity (Wildman–Crippen MR) is 65.5 cm³/mol. The van der Waals surface area contributed by atoms with Crippen LogP contribution >= 0.6 is 11.3 Å². The molecule has 1 aliphatic heterocycles. The van der Waals surface area contributed by atoms with Crippen LogP contribution in [0.15, 0.2) is 0 Å². The number of hydrogen-bond donors (Lipinski definition) is 1. The molecule has 1 aromatic rings. The van der Waals surface area contributed by atoms with Crippen molar-refractivity contribution < 1.29 is 13.2 Å². The lowest BCUT2D eigenvalue weighted by Gasteiger charge is -2.11. The molecule has 0 radical (unpaired) electrons. The van der Waals surface area contributed by atoms with Crippen molar-refractivity contribution in [3.8, 4) is 0 Å². The van der Waals surface area contributed by atoms with Crippen molar-refractivity contribution in [1.82, 2.24) is 4.98 Å². The zero-order chi connectivity index (χ0) is 12.8. The summed E-state index contributed by atoms with van der Waals surface area (Å²) in [6.45, 7) is 3.87. The molecule has 17 heavy (non-hydrogen) atoms. The second-order valence-corrected chi connectivity index (χ2v) is 7.08. The molecule has 1 amide bonds. The highest BCUT2D eigenvalue weighted by Crippen LogP contribution is 2.29. The van der Waals surface area contributed by atoms with Crippen molar-refractivity contribution in [3.63, 3.8) is 0 Å². The summed E-state index contributed by atoms with van der Waals surface area (Å²) in [6, 6.07) is 0. The van der Waals surface area contributed by atoms with Gasteiger partial charge in [-0.15, -0.1) is 11.3 Å². The Hall–Kier alpha value is -0.990. The molecule has 94 valence electrons. The first-order valence-corrected chi connectivity index (χ1v) is 7.47. The van der Waals surface area contributed by atoms with Crippen LogP contribution in [0.4, 0.5) is 5.13 Å². The number of carbonyl (C=O) groups is 1. The number of amides is 1. The van der Waals surface area contributed by atoms with E-state index in [2.05, 4.69) is 4.98 Å². The minimum absolute atomic E-state index is 0.0590. The molecule has 0 bridgehead atoms. The van der Waals surface area contributed by atoms with Gasteiger partial charge in [0.1, 0.15) is 5.25 Å². The Kier molecular flexibility index (Phi) is 2.96. The number of hydrogen-bond acceptors (Lipinski definition) is 5. The van der Waals surface area contributed by atoms with Crippen LogP contribution in [0.5, 0.6) is 0 Å². The van der Waals surface area contributed by atoms with E-state index in [0.29, 0.717) is 5.13 Å². The maximum Gasteiger partial charge on any atom is 0.230 e. The van der Waals surface area contributed by atoms with Gasteiger partial charge in [-0.25, -0.2) is 18.5 Å². The van der Waals surface area contributed by atoms with Gasteiger partial charge in [-0.2, -0.15) is 0 Å². The van der Waals surface area contributed by atoms with Gasteiger partial charge in [0, 0.05) is 17.8 Å². The number of nitrogens with two attached hydrogens (primary N) is 1. The lowest BCUT2D eigenvalue weighted by Crippen LogP contribution is -2.32. The number of rotatable bonds is 2. The van der Waals surface area contributed by atoms with E-state index in [1.165, 1.54) is 16.2 Å². The summed E-state index contributed by atoms with van der Waals surface area (Å²) < 4.78 is 22.4. The van der Waals surface area contributed by atoms with E-state index in [1.54, 1.807) is 0 Å². The molecule has 0 spiro atoms. The Labute approximate surface area is 103 Å². The molecule has 2 N–H and O–H groups in total. The summed E-state index contributed by atoms with van der Waals surface area (Å²) >= 11 is 1.39. The fraction of sp³-hybridized carbons (Fsp3) is 0.556. The quantitative estimate of drug-likeness (QED) is 0.831. The van der Waals surface area contributed by atoms with E-state index in [0.717, 1.165) is 10.6 Å². The Morgan fingerprint density at radius 3 is 2.53 bits per heavy atom. The Morgan fingerprint density at radius 2 is 2.12 bits per heavy atom. The van der Waals surface area contributed by atoms with Crippen LogP contribution < -0.4 is 10.0 Å². The second kappa shape index (κ2) is 4.04. The van der Waals surface area contributed by atoms with Crippen LogP contribution in [0, 0.1) is 13.8 Å². The molecule has 1 saturated heterocycles. The molecule has 0 aliphatic carbocycles. The fourth-order valence-electron chi connectivity index (χ4n) is 1.65. The fourth-order valence-corrected chi connectivity index (χ4v) is 3.32. The Balaban J connectivity index is 2.27. The number of sulfonamides is 1. The highest BCUT2D eigenvalue weighted by molar-refractivity contribution is 7.89. The SMILES string of the molecule is Cc1nc(N2CC(S(N)(=O)=O)CC2=O)sc1C. The summed E-state index contributed by atoms with van der Waals surface area (Å²) in [4.78, 5) is 18.4. The largest absolute Gasteiger partial charge is 0.287 e. The molecule has 1 atom stereocenters. The number of carbonyl (C=O) groups excluding carboxylic acids is 1. The molecule has 2 heterocycles. The van der Waals surface area contributed by atoms with Crippen LogP contribution in [0.3, 0.4) is 0 Å². The topological polar surface area (TPSA) is 93.4 Å². The average molecular weight is 275 g/mol. The maximum absolute atomic E-state index is 11.7. The molecule has 1 aliphatic rings. The molecule has 0 aromatic carbocycles. The number of anilines is 1. The lowest BCUT2D eigenvalue weighted by atomic mass is 10.4. The summed E-state index contributed by atoms with van der Waals surface area (Å²) in [6.07, 6.45) is -0.0590. The molecule has 6 nitrogen and oxygen atoms in total. The third-order valence-electron chi connectivity index (χ3n) is 2.80. The number of thiazole rings is 1. The number of primary sulfonamides is 1. The number of aromatic nitrogens is 1. The van der Waals surface area contributed by atoms with E-state index >= 15 is 0 Å². The standard InChI is InChI=1S/C9H13N3O3S2/c1-5-6(2)16-9(11-5)12-4-7(3-8(12)13)17(10,14)15/h7H,3-4H2,1-2H3,(H2,10,14,15). The highest BCUT2D eigenvalue weighted by Gasteiger charge is 2.38. The predicted octanol–water partition coefficient (Wildman–Crippen LogP) is 0.154. The number of nitrogens with zero attached hydrogens (tertiary/aromatic N) is 2. The second-order valence-electron chi connectivity index (χ2n) is 4.06. The molecular formula is C9H13N3O3S2. The van der Waals surface area contributed by atoms with E-state index < -0.39 is 15.3 Å². The molecule has 8 heteroatoms. The van der Waals surface area contributed by atoms with E-state index in [-0.39, 0.29) is 18.9 Å². The molecule has 2 rings (SSSR count). The van der Waals surface area contributed by atoms with Gasteiger partial charge < -0.3 is 0 Å². The minimum atomic E-state index is -3.67. The van der Waals surface area contributed by atoms with E-state index in [9.17, 15) is 13.2 Å². The first kappa shape index (κ1) is 12.5. The summed E-state index contributed by atoms with van der Waals surface area (Å²) in [7, 11) is -3.67. The van der Waals surface area contributed by atoms with Gasteiger partial charge in [0.25, 0.3) is 0 Å². The van der Waals surface area contributed by atoms with E-state index in [1.807, 2.05) is 13.8 Å². The van der Waals surface area contributed by atoms with Gasteiger partial charge in [0.2, 0.25) is 15.9 Å². The Morgan fingerprint density at radius 1 is 1.47 bits per heavy atom. The van der Waals surface area contributed by atoms with Crippen molar-refractivity contribution in [3.05, 3.63) is 10.6 Å². The van der Waals surface area contributed by atoms with Gasteiger partial charge in [0.05, 0.1) is 5.69 Å². The van der Waals surface area contributed by atoms with Crippen LogP contribution in [0.25, 0.3) is 0 Å². The average Bonchev–Trinajstić information content (AvgIpc) is 2.71. The van der Waals surface area contributed by atoms with Crippen molar-refractivity contribution in [1.29, 1.82) is 0 Å².